The highest BCUT2D eigenvalue weighted by Gasteiger charge is 2.23. The number of fused-ring (bicyclic) bond motifs is 3. The van der Waals surface area contributed by atoms with Crippen LogP contribution in [-0.2, 0) is 17.6 Å². The number of thiophene rings is 1. The summed E-state index contributed by atoms with van der Waals surface area (Å²) >= 11 is 9.71. The highest BCUT2D eigenvalue weighted by molar-refractivity contribution is 9.10. The average molecular weight is 632 g/mol. The molecule has 5 rings (SSSR count). The molecule has 1 N–H and O–H groups in total. The molecule has 1 aliphatic carbocycles. The van der Waals surface area contributed by atoms with Gasteiger partial charge in [-0.15, -0.1) is 11.3 Å². The van der Waals surface area contributed by atoms with Crippen LogP contribution in [0.5, 0.6) is 0 Å². The van der Waals surface area contributed by atoms with Gasteiger partial charge in [0, 0.05) is 13.8 Å². The van der Waals surface area contributed by atoms with Gasteiger partial charge in [0.1, 0.15) is 4.83 Å². The number of halogens is 2. The molecule has 4 aromatic rings. The topological polar surface area (TPSA) is 76.3 Å². The van der Waals surface area contributed by atoms with Crippen LogP contribution >= 0.6 is 55.0 Å². The first kappa shape index (κ1) is 24.4. The normalized spacial score (nSPS) is 13.3. The summed E-state index contributed by atoms with van der Waals surface area (Å²) in [7, 11) is 0. The number of carbonyl (C=O) groups is 1. The van der Waals surface area contributed by atoms with Crippen molar-refractivity contribution in [2.45, 2.75) is 30.8 Å². The third-order valence-corrected chi connectivity index (χ3v) is 8.77. The molecule has 6 nitrogen and oxygen atoms in total. The fourth-order valence-corrected chi connectivity index (χ4v) is 6.82. The number of nitrogens with zero attached hydrogens (tertiary/aromatic N) is 3. The molecule has 2 aromatic heterocycles. The molecule has 35 heavy (non-hydrogen) atoms. The van der Waals surface area contributed by atoms with E-state index >= 15 is 0 Å². The minimum atomic E-state index is -0.275. The molecular weight excluding hydrogens is 612 g/mol. The number of amides is 1. The summed E-state index contributed by atoms with van der Waals surface area (Å²) in [4.78, 5) is 33.1. The molecule has 0 saturated heterocycles. The average Bonchev–Trinajstić information content (AvgIpc) is 3.22. The maximum Gasteiger partial charge on any atom is 0.267 e. The van der Waals surface area contributed by atoms with E-state index in [1.54, 1.807) is 22.1 Å². The standard InChI is InChI=1S/C25H20Br2N4O2S2/c26-16-8-10-18(11-9-16)31-24(33)22-19-6-1-2-7-20(19)35-23(22)29-25(31)34-14-21(32)30-28-13-15-4-3-5-17(27)12-15/h3-5,8-13H,1-2,6-7,14H2,(H,30,32). The third-order valence-electron chi connectivity index (χ3n) is 5.63. The lowest BCUT2D eigenvalue weighted by molar-refractivity contribution is -0.118. The maximum atomic E-state index is 13.7. The van der Waals surface area contributed by atoms with E-state index in [2.05, 4.69) is 42.4 Å². The zero-order valence-corrected chi connectivity index (χ0v) is 23.3. The van der Waals surface area contributed by atoms with Gasteiger partial charge < -0.3 is 0 Å². The lowest BCUT2D eigenvalue weighted by atomic mass is 9.97. The Bertz CT molecular complexity index is 1500. The van der Waals surface area contributed by atoms with Crippen molar-refractivity contribution in [2.75, 3.05) is 5.75 Å². The number of nitrogens with one attached hydrogen (secondary N) is 1. The Morgan fingerprint density at radius 2 is 1.94 bits per heavy atom. The molecule has 2 aromatic carbocycles. The van der Waals surface area contributed by atoms with Crippen molar-refractivity contribution in [1.29, 1.82) is 0 Å². The number of thioether (sulfide) groups is 1. The maximum absolute atomic E-state index is 13.7. The number of hydrogen-bond donors (Lipinski definition) is 1. The van der Waals surface area contributed by atoms with Gasteiger partial charge in [-0.3, -0.25) is 14.2 Å². The molecule has 1 amide bonds. The Labute approximate surface area is 227 Å². The Morgan fingerprint density at radius 1 is 1.14 bits per heavy atom. The van der Waals surface area contributed by atoms with Gasteiger partial charge in [0.15, 0.2) is 5.16 Å². The third kappa shape index (κ3) is 5.45. The molecule has 178 valence electrons. The number of aromatic nitrogens is 2. The number of rotatable bonds is 6. The summed E-state index contributed by atoms with van der Waals surface area (Å²) in [5.41, 5.74) is 5.21. The molecule has 1 aliphatic rings. The molecule has 2 heterocycles. The fraction of sp³-hybridized carbons (Fsp3) is 0.200. The summed E-state index contributed by atoms with van der Waals surface area (Å²) in [6.07, 6.45) is 5.73. The van der Waals surface area contributed by atoms with Gasteiger partial charge in [0.2, 0.25) is 0 Å². The van der Waals surface area contributed by atoms with Gasteiger partial charge in [-0.2, -0.15) is 5.10 Å². The molecule has 0 atom stereocenters. The van der Waals surface area contributed by atoms with Gasteiger partial charge >= 0.3 is 0 Å². The monoisotopic (exact) mass is 630 g/mol. The van der Waals surface area contributed by atoms with Crippen molar-refractivity contribution < 1.29 is 4.79 Å². The lowest BCUT2D eigenvalue weighted by Crippen LogP contribution is -2.24. The summed E-state index contributed by atoms with van der Waals surface area (Å²) in [6, 6.07) is 15.2. The van der Waals surface area contributed by atoms with Crippen molar-refractivity contribution >= 4 is 77.3 Å². The van der Waals surface area contributed by atoms with Crippen LogP contribution in [0.25, 0.3) is 15.9 Å². The first-order valence-electron chi connectivity index (χ1n) is 11.0. The van der Waals surface area contributed by atoms with Crippen LogP contribution in [0.15, 0.2) is 72.5 Å². The van der Waals surface area contributed by atoms with Crippen molar-refractivity contribution in [3.8, 4) is 5.69 Å². The van der Waals surface area contributed by atoms with Gasteiger partial charge in [-0.05, 0) is 73.2 Å². The molecule has 0 bridgehead atoms. The summed E-state index contributed by atoms with van der Waals surface area (Å²) in [5.74, 6) is -0.196. The summed E-state index contributed by atoms with van der Waals surface area (Å²) in [5, 5.41) is 5.26. The summed E-state index contributed by atoms with van der Waals surface area (Å²) < 4.78 is 3.48. The number of carbonyl (C=O) groups excluding carboxylic acids is 1. The Morgan fingerprint density at radius 3 is 2.74 bits per heavy atom. The van der Waals surface area contributed by atoms with E-state index in [9.17, 15) is 9.59 Å². The van der Waals surface area contributed by atoms with Crippen molar-refractivity contribution in [3.05, 3.63) is 83.8 Å². The SMILES string of the molecule is O=C(CSc1nc2sc3c(c2c(=O)n1-c1ccc(Br)cc1)CCCC3)NN=Cc1cccc(Br)c1. The Kier molecular flexibility index (Phi) is 7.52. The van der Waals surface area contributed by atoms with Crippen LogP contribution in [-0.4, -0.2) is 27.4 Å². The number of aryl methyl sites for hydroxylation is 2. The van der Waals surface area contributed by atoms with E-state index in [0.717, 1.165) is 61.7 Å². The zero-order chi connectivity index (χ0) is 24.4. The molecule has 0 unspecified atom stereocenters. The van der Waals surface area contributed by atoms with Crippen LogP contribution in [0.4, 0.5) is 0 Å². The minimum Gasteiger partial charge on any atom is -0.272 e. The van der Waals surface area contributed by atoms with Gasteiger partial charge in [0.05, 0.1) is 23.0 Å². The molecule has 0 saturated carbocycles. The Balaban J connectivity index is 1.43. The second-order valence-electron chi connectivity index (χ2n) is 8.04. The molecule has 0 fully saturated rings. The van der Waals surface area contributed by atoms with Gasteiger partial charge in [0.25, 0.3) is 11.5 Å². The van der Waals surface area contributed by atoms with Crippen molar-refractivity contribution in [1.82, 2.24) is 15.0 Å². The molecule has 10 heteroatoms. The fourth-order valence-electron chi connectivity index (χ4n) is 4.03. The van der Waals surface area contributed by atoms with E-state index in [0.29, 0.717) is 5.16 Å². The predicted molar refractivity (Wildman–Crippen MR) is 150 cm³/mol. The molecule has 0 radical (unpaired) electrons. The quantitative estimate of drug-likeness (QED) is 0.121. The van der Waals surface area contributed by atoms with E-state index < -0.39 is 0 Å². The van der Waals surface area contributed by atoms with E-state index in [1.807, 2.05) is 48.5 Å². The number of benzene rings is 2. The smallest absolute Gasteiger partial charge is 0.267 e. The van der Waals surface area contributed by atoms with Crippen LogP contribution in [0, 0.1) is 0 Å². The number of hydrogen-bond acceptors (Lipinski definition) is 6. The highest BCUT2D eigenvalue weighted by atomic mass is 79.9. The Hall–Kier alpha value is -2.27. The van der Waals surface area contributed by atoms with Crippen molar-refractivity contribution in [3.63, 3.8) is 0 Å². The van der Waals surface area contributed by atoms with Crippen molar-refractivity contribution in [2.24, 2.45) is 5.10 Å². The first-order chi connectivity index (χ1) is 17.0. The first-order valence-corrected chi connectivity index (χ1v) is 14.4. The van der Waals surface area contributed by atoms with Gasteiger partial charge in [-0.1, -0.05) is 55.8 Å². The second kappa shape index (κ2) is 10.8. The minimum absolute atomic E-state index is 0.0766. The summed E-state index contributed by atoms with van der Waals surface area (Å²) in [6.45, 7) is 0. The van der Waals surface area contributed by atoms with Crippen LogP contribution in [0.3, 0.4) is 0 Å². The largest absolute Gasteiger partial charge is 0.272 e. The highest BCUT2D eigenvalue weighted by Crippen LogP contribution is 2.35. The van der Waals surface area contributed by atoms with Crippen LogP contribution in [0.1, 0.15) is 28.8 Å². The molecular formula is C25H20Br2N4O2S2. The zero-order valence-electron chi connectivity index (χ0n) is 18.5. The van der Waals surface area contributed by atoms with E-state index in [-0.39, 0.29) is 17.2 Å². The number of hydrazone groups is 1. The van der Waals surface area contributed by atoms with E-state index in [1.165, 1.54) is 16.6 Å². The van der Waals surface area contributed by atoms with Crippen LogP contribution < -0.4 is 11.0 Å². The van der Waals surface area contributed by atoms with E-state index in [4.69, 9.17) is 4.98 Å². The lowest BCUT2D eigenvalue weighted by Gasteiger charge is -2.13. The predicted octanol–water partition coefficient (Wildman–Crippen LogP) is 6.09. The molecule has 0 spiro atoms. The van der Waals surface area contributed by atoms with Gasteiger partial charge in [-0.25, -0.2) is 10.4 Å². The second-order valence-corrected chi connectivity index (χ2v) is 11.9. The van der Waals surface area contributed by atoms with Crippen LogP contribution in [0.2, 0.25) is 0 Å². The molecule has 0 aliphatic heterocycles.